The maximum atomic E-state index is 13.6. The van der Waals surface area contributed by atoms with Crippen LogP contribution in [-0.4, -0.2) is 55.2 Å². The van der Waals surface area contributed by atoms with E-state index in [0.29, 0.717) is 30.9 Å². The fraction of sp³-hybridized carbons (Fsp3) is 0.400. The van der Waals surface area contributed by atoms with E-state index in [4.69, 9.17) is 21.1 Å². The van der Waals surface area contributed by atoms with E-state index in [1.165, 1.54) is 6.92 Å². The van der Waals surface area contributed by atoms with Crippen molar-refractivity contribution in [3.05, 3.63) is 58.6 Å². The molecule has 0 saturated carbocycles. The van der Waals surface area contributed by atoms with Gasteiger partial charge in [-0.15, -0.1) is 0 Å². The molecule has 1 N–H and O–H groups in total. The van der Waals surface area contributed by atoms with Crippen LogP contribution in [-0.2, 0) is 16.1 Å². The van der Waals surface area contributed by atoms with Gasteiger partial charge < -0.3 is 24.6 Å². The fourth-order valence-corrected chi connectivity index (χ4v) is 4.01. The number of nitrogens with zero attached hydrogens (tertiary/aromatic N) is 2. The van der Waals surface area contributed by atoms with Gasteiger partial charge in [-0.3, -0.25) is 9.59 Å². The summed E-state index contributed by atoms with van der Waals surface area (Å²) in [7, 11) is 0. The van der Waals surface area contributed by atoms with E-state index < -0.39 is 0 Å². The second-order valence-electron chi connectivity index (χ2n) is 8.08. The molecule has 0 fully saturated rings. The normalized spacial score (nSPS) is 15.2. The van der Waals surface area contributed by atoms with Crippen molar-refractivity contribution in [2.24, 2.45) is 0 Å². The lowest BCUT2D eigenvalue weighted by atomic mass is 10.1. The summed E-state index contributed by atoms with van der Waals surface area (Å²) in [4.78, 5) is 40.6. The Balaban J connectivity index is 1.81. The highest BCUT2D eigenvalue weighted by molar-refractivity contribution is 6.34. The van der Waals surface area contributed by atoms with Crippen molar-refractivity contribution in [1.29, 1.82) is 0 Å². The number of nitrogens with one attached hydrogen (secondary N) is 1. The number of carbonyl (C=O) groups excluding carboxylic acids is 3. The largest absolute Gasteiger partial charge is 0.490 e. The van der Waals surface area contributed by atoms with E-state index in [2.05, 4.69) is 5.32 Å². The summed E-state index contributed by atoms with van der Waals surface area (Å²) < 4.78 is 10.4. The van der Waals surface area contributed by atoms with Crippen LogP contribution < -0.4 is 15.0 Å². The van der Waals surface area contributed by atoms with Crippen LogP contribution in [0.25, 0.3) is 0 Å². The van der Waals surface area contributed by atoms with Crippen molar-refractivity contribution in [2.75, 3.05) is 31.2 Å². The third-order valence-corrected chi connectivity index (χ3v) is 5.78. The number of halogens is 1. The molecule has 1 atom stereocenters. The van der Waals surface area contributed by atoms with Gasteiger partial charge in [0.05, 0.1) is 10.6 Å². The summed E-state index contributed by atoms with van der Waals surface area (Å²) in [5, 5.41) is 3.18. The average molecular weight is 488 g/mol. The van der Waals surface area contributed by atoms with Crippen molar-refractivity contribution in [3.63, 3.8) is 0 Å². The molecule has 1 heterocycles. The van der Waals surface area contributed by atoms with Gasteiger partial charge in [-0.25, -0.2) is 4.79 Å². The quantitative estimate of drug-likeness (QED) is 0.466. The van der Waals surface area contributed by atoms with E-state index in [0.717, 1.165) is 17.7 Å². The summed E-state index contributed by atoms with van der Waals surface area (Å²) >= 11 is 6.46. The van der Waals surface area contributed by atoms with Gasteiger partial charge in [-0.2, -0.15) is 0 Å². The molecule has 0 aromatic heterocycles. The summed E-state index contributed by atoms with van der Waals surface area (Å²) in [5.74, 6) is -0.167. The Kier molecular flexibility index (Phi) is 8.76. The SMILES string of the molecule is CCCNC(=O)N1Cc2ccccc2N(C(=O)c2ccc(OCCOC(C)=O)cc2Cl)C[C@H]1C. The predicted octanol–water partition coefficient (Wildman–Crippen LogP) is 4.25. The molecular formula is C25H30ClN3O5. The number of fused-ring (bicyclic) bond motifs is 1. The second kappa shape index (κ2) is 11.7. The molecule has 182 valence electrons. The van der Waals surface area contributed by atoms with Crippen LogP contribution in [0, 0.1) is 0 Å². The molecule has 0 aliphatic carbocycles. The van der Waals surface area contributed by atoms with Crippen LogP contribution in [0.1, 0.15) is 43.1 Å². The first-order valence-electron chi connectivity index (χ1n) is 11.3. The van der Waals surface area contributed by atoms with Crippen molar-refractivity contribution < 1.29 is 23.9 Å². The lowest BCUT2D eigenvalue weighted by molar-refractivity contribution is -0.141. The van der Waals surface area contributed by atoms with Gasteiger partial charge in [0.2, 0.25) is 0 Å². The van der Waals surface area contributed by atoms with Crippen LogP contribution in [0.3, 0.4) is 0 Å². The Bertz CT molecular complexity index is 1040. The maximum absolute atomic E-state index is 13.6. The number of urea groups is 1. The van der Waals surface area contributed by atoms with Gasteiger partial charge in [0.25, 0.3) is 5.91 Å². The van der Waals surface area contributed by atoms with Gasteiger partial charge >= 0.3 is 12.0 Å². The molecule has 1 aliphatic rings. The van der Waals surface area contributed by atoms with Gasteiger partial charge in [-0.1, -0.05) is 36.7 Å². The van der Waals surface area contributed by atoms with Crippen molar-refractivity contribution >= 4 is 35.2 Å². The summed E-state index contributed by atoms with van der Waals surface area (Å²) in [5.41, 5.74) is 1.97. The molecule has 3 rings (SSSR count). The molecule has 0 radical (unpaired) electrons. The van der Waals surface area contributed by atoms with Gasteiger partial charge in [0.15, 0.2) is 0 Å². The van der Waals surface area contributed by atoms with E-state index in [1.54, 1.807) is 28.0 Å². The van der Waals surface area contributed by atoms with Crippen LogP contribution >= 0.6 is 11.6 Å². The second-order valence-corrected chi connectivity index (χ2v) is 8.49. The number of para-hydroxylation sites is 1. The highest BCUT2D eigenvalue weighted by atomic mass is 35.5. The van der Waals surface area contributed by atoms with Crippen LogP contribution in [0.2, 0.25) is 5.02 Å². The molecule has 0 spiro atoms. The fourth-order valence-electron chi connectivity index (χ4n) is 3.76. The molecule has 2 aromatic carbocycles. The van der Waals surface area contributed by atoms with Crippen molar-refractivity contribution in [2.45, 2.75) is 39.8 Å². The third-order valence-electron chi connectivity index (χ3n) is 5.46. The lowest BCUT2D eigenvalue weighted by Gasteiger charge is -2.29. The zero-order valence-electron chi connectivity index (χ0n) is 19.7. The minimum atomic E-state index is -0.379. The number of carbonyl (C=O) groups is 3. The molecular weight excluding hydrogens is 458 g/mol. The molecule has 9 heteroatoms. The first-order chi connectivity index (χ1) is 16.3. The molecule has 0 unspecified atom stereocenters. The third kappa shape index (κ3) is 6.20. The Hall–Kier alpha value is -3.26. The van der Waals surface area contributed by atoms with Gasteiger partial charge in [0.1, 0.15) is 19.0 Å². The van der Waals surface area contributed by atoms with Crippen LogP contribution in [0.4, 0.5) is 10.5 Å². The highest BCUT2D eigenvalue weighted by Gasteiger charge is 2.32. The zero-order valence-corrected chi connectivity index (χ0v) is 20.4. The number of ether oxygens (including phenoxy) is 2. The number of anilines is 1. The molecule has 0 bridgehead atoms. The summed E-state index contributed by atoms with van der Waals surface area (Å²) in [6.07, 6.45) is 0.844. The number of amides is 3. The van der Waals surface area contributed by atoms with Crippen molar-refractivity contribution in [1.82, 2.24) is 10.2 Å². The standard InChI is InChI=1S/C25H30ClN3O5/c1-4-11-27-25(32)28-16-19-7-5-6-8-23(19)29(15-17(28)2)24(31)21-10-9-20(14-22(21)26)34-13-12-33-18(3)30/h5-10,14,17H,4,11-13,15-16H2,1-3H3,(H,27,32)/t17-/m1/s1. The zero-order chi connectivity index (χ0) is 24.7. The molecule has 34 heavy (non-hydrogen) atoms. The van der Waals surface area contributed by atoms with E-state index in [1.807, 2.05) is 38.1 Å². The maximum Gasteiger partial charge on any atom is 0.318 e. The monoisotopic (exact) mass is 487 g/mol. The van der Waals surface area contributed by atoms with Crippen LogP contribution in [0.5, 0.6) is 5.75 Å². The smallest absolute Gasteiger partial charge is 0.318 e. The molecule has 8 nitrogen and oxygen atoms in total. The van der Waals surface area contributed by atoms with Gasteiger partial charge in [0, 0.05) is 38.3 Å². The van der Waals surface area contributed by atoms with Gasteiger partial charge in [-0.05, 0) is 43.2 Å². The lowest BCUT2D eigenvalue weighted by Crippen LogP contribution is -2.48. The number of esters is 1. The Morgan fingerprint density at radius 3 is 2.62 bits per heavy atom. The molecule has 2 aromatic rings. The topological polar surface area (TPSA) is 88.2 Å². The number of rotatable bonds is 7. The molecule has 0 saturated heterocycles. The van der Waals surface area contributed by atoms with Crippen LogP contribution in [0.15, 0.2) is 42.5 Å². The van der Waals surface area contributed by atoms with E-state index in [-0.39, 0.29) is 42.2 Å². The predicted molar refractivity (Wildman–Crippen MR) is 130 cm³/mol. The Morgan fingerprint density at radius 1 is 1.15 bits per heavy atom. The van der Waals surface area contributed by atoms with E-state index in [9.17, 15) is 14.4 Å². The van der Waals surface area contributed by atoms with Crippen molar-refractivity contribution in [3.8, 4) is 5.75 Å². The number of hydrogen-bond acceptors (Lipinski definition) is 5. The van der Waals surface area contributed by atoms with E-state index >= 15 is 0 Å². The first kappa shape index (κ1) is 25.4. The molecule has 1 aliphatic heterocycles. The number of hydrogen-bond donors (Lipinski definition) is 1. The Morgan fingerprint density at radius 2 is 1.91 bits per heavy atom. The average Bonchev–Trinajstić information content (AvgIpc) is 2.96. The number of benzene rings is 2. The Labute approximate surface area is 204 Å². The highest BCUT2D eigenvalue weighted by Crippen LogP contribution is 2.31. The first-order valence-corrected chi connectivity index (χ1v) is 11.7. The minimum absolute atomic E-state index is 0.123. The molecule has 3 amide bonds. The summed E-state index contributed by atoms with van der Waals surface area (Å²) in [6.45, 7) is 6.88. The summed E-state index contributed by atoms with van der Waals surface area (Å²) in [6, 6.07) is 12.1. The minimum Gasteiger partial charge on any atom is -0.490 e.